The summed E-state index contributed by atoms with van der Waals surface area (Å²) in [7, 11) is 0. The van der Waals surface area contributed by atoms with Crippen molar-refractivity contribution in [1.82, 2.24) is 0 Å². The molecule has 1 aromatic heterocycles. The van der Waals surface area contributed by atoms with Gasteiger partial charge in [-0.3, -0.25) is 0 Å². The Bertz CT molecular complexity index is 634. The molecule has 102 valence electrons. The second kappa shape index (κ2) is 5.35. The van der Waals surface area contributed by atoms with Crippen LogP contribution in [0.1, 0.15) is 17.4 Å². The van der Waals surface area contributed by atoms with Gasteiger partial charge < -0.3 is 14.1 Å². The van der Waals surface area contributed by atoms with Gasteiger partial charge in [-0.15, -0.1) is 0 Å². The van der Waals surface area contributed by atoms with Crippen LogP contribution >= 0.6 is 0 Å². The number of ether oxygens (including phenoxy) is 1. The summed E-state index contributed by atoms with van der Waals surface area (Å²) >= 11 is 0. The lowest BCUT2D eigenvalue weighted by atomic mass is 10.1. The molecule has 0 aliphatic carbocycles. The predicted octanol–water partition coefficient (Wildman–Crippen LogP) is 2.87. The number of anilines is 1. The number of halogens is 1. The van der Waals surface area contributed by atoms with E-state index in [1.165, 1.54) is 12.1 Å². The Morgan fingerprint density at radius 1 is 1.35 bits per heavy atom. The second-order valence-corrected chi connectivity index (χ2v) is 4.59. The van der Waals surface area contributed by atoms with E-state index in [4.69, 9.17) is 14.4 Å². The Labute approximate surface area is 116 Å². The summed E-state index contributed by atoms with van der Waals surface area (Å²) in [6.07, 6.45) is 1.44. The largest absolute Gasteiger partial charge is 0.467 e. The van der Waals surface area contributed by atoms with Crippen LogP contribution in [0, 0.1) is 17.1 Å². The number of morpholine rings is 1. The molecule has 0 amide bonds. The highest BCUT2D eigenvalue weighted by Gasteiger charge is 2.25. The molecule has 1 fully saturated rings. The van der Waals surface area contributed by atoms with E-state index in [0.717, 1.165) is 11.4 Å². The minimum absolute atomic E-state index is 0.171. The van der Waals surface area contributed by atoms with Gasteiger partial charge in [-0.1, -0.05) is 0 Å². The van der Waals surface area contributed by atoms with E-state index in [0.29, 0.717) is 25.3 Å². The molecule has 0 bridgehead atoms. The van der Waals surface area contributed by atoms with Crippen molar-refractivity contribution < 1.29 is 13.5 Å². The summed E-state index contributed by atoms with van der Waals surface area (Å²) in [4.78, 5) is 2.02. The third kappa shape index (κ3) is 2.38. The monoisotopic (exact) mass is 272 g/mol. The van der Waals surface area contributed by atoms with Crippen molar-refractivity contribution in [3.05, 3.63) is 53.7 Å². The lowest BCUT2D eigenvalue weighted by molar-refractivity contribution is 0.0257. The summed E-state index contributed by atoms with van der Waals surface area (Å²) in [5, 5.41) is 9.13. The highest BCUT2D eigenvalue weighted by atomic mass is 19.1. The zero-order valence-electron chi connectivity index (χ0n) is 10.8. The SMILES string of the molecule is N#Cc1cc(F)ccc1N1CCOC(c2ccco2)C1. The summed E-state index contributed by atoms with van der Waals surface area (Å²) in [5.74, 6) is 0.358. The lowest BCUT2D eigenvalue weighted by Crippen LogP contribution is -2.38. The molecule has 3 rings (SSSR count). The summed E-state index contributed by atoms with van der Waals surface area (Å²) < 4.78 is 24.2. The van der Waals surface area contributed by atoms with Crippen LogP contribution in [-0.2, 0) is 4.74 Å². The van der Waals surface area contributed by atoms with E-state index >= 15 is 0 Å². The molecule has 1 saturated heterocycles. The maximum atomic E-state index is 13.2. The van der Waals surface area contributed by atoms with Crippen LogP contribution in [0.25, 0.3) is 0 Å². The fourth-order valence-corrected chi connectivity index (χ4v) is 2.39. The molecule has 1 aliphatic heterocycles. The maximum absolute atomic E-state index is 13.2. The number of benzene rings is 1. The van der Waals surface area contributed by atoms with Gasteiger partial charge >= 0.3 is 0 Å². The van der Waals surface area contributed by atoms with Gasteiger partial charge in [0.05, 0.1) is 30.7 Å². The number of rotatable bonds is 2. The van der Waals surface area contributed by atoms with Crippen molar-refractivity contribution in [3.63, 3.8) is 0 Å². The third-order valence-electron chi connectivity index (χ3n) is 3.35. The predicted molar refractivity (Wildman–Crippen MR) is 70.7 cm³/mol. The number of nitriles is 1. The molecule has 1 atom stereocenters. The molecule has 0 saturated carbocycles. The summed E-state index contributed by atoms with van der Waals surface area (Å²) in [5.41, 5.74) is 1.07. The lowest BCUT2D eigenvalue weighted by Gasteiger charge is -2.34. The number of furan rings is 1. The van der Waals surface area contributed by atoms with E-state index in [2.05, 4.69) is 0 Å². The first-order valence-corrected chi connectivity index (χ1v) is 6.37. The van der Waals surface area contributed by atoms with E-state index < -0.39 is 5.82 Å². The first-order chi connectivity index (χ1) is 9.78. The smallest absolute Gasteiger partial charge is 0.134 e. The molecular formula is C15H13FN2O2. The second-order valence-electron chi connectivity index (χ2n) is 4.59. The van der Waals surface area contributed by atoms with E-state index in [9.17, 15) is 4.39 Å². The number of nitrogens with zero attached hydrogens (tertiary/aromatic N) is 2. The topological polar surface area (TPSA) is 49.4 Å². The highest BCUT2D eigenvalue weighted by molar-refractivity contribution is 5.59. The molecule has 0 N–H and O–H groups in total. The third-order valence-corrected chi connectivity index (χ3v) is 3.35. The maximum Gasteiger partial charge on any atom is 0.134 e. The van der Waals surface area contributed by atoms with E-state index in [1.54, 1.807) is 12.3 Å². The zero-order valence-corrected chi connectivity index (χ0v) is 10.8. The molecule has 1 unspecified atom stereocenters. The molecule has 0 spiro atoms. The van der Waals surface area contributed by atoms with Crippen molar-refractivity contribution in [2.45, 2.75) is 6.10 Å². The first-order valence-electron chi connectivity index (χ1n) is 6.37. The van der Waals surface area contributed by atoms with Crippen molar-refractivity contribution in [2.24, 2.45) is 0 Å². The van der Waals surface area contributed by atoms with Gasteiger partial charge in [0.15, 0.2) is 0 Å². The van der Waals surface area contributed by atoms with Crippen molar-refractivity contribution >= 4 is 5.69 Å². The van der Waals surface area contributed by atoms with Gasteiger partial charge in [-0.05, 0) is 30.3 Å². The molecule has 4 nitrogen and oxygen atoms in total. The molecule has 1 aromatic carbocycles. The fourth-order valence-electron chi connectivity index (χ4n) is 2.39. The first kappa shape index (κ1) is 12.7. The van der Waals surface area contributed by atoms with Crippen molar-refractivity contribution in [2.75, 3.05) is 24.6 Å². The Morgan fingerprint density at radius 3 is 3.00 bits per heavy atom. The molecule has 2 aromatic rings. The van der Waals surface area contributed by atoms with E-state index in [-0.39, 0.29) is 6.10 Å². The van der Waals surface area contributed by atoms with Gasteiger partial charge in [0.2, 0.25) is 0 Å². The van der Waals surface area contributed by atoms with Crippen LogP contribution in [0.15, 0.2) is 41.0 Å². The Hall–Kier alpha value is -2.32. The molecule has 2 heterocycles. The van der Waals surface area contributed by atoms with Crippen LogP contribution in [0.4, 0.5) is 10.1 Å². The minimum atomic E-state index is -0.402. The van der Waals surface area contributed by atoms with Crippen LogP contribution < -0.4 is 4.90 Å². The van der Waals surface area contributed by atoms with Gasteiger partial charge in [-0.2, -0.15) is 5.26 Å². The summed E-state index contributed by atoms with van der Waals surface area (Å²) in [6.45, 7) is 1.78. The van der Waals surface area contributed by atoms with Crippen LogP contribution in [0.3, 0.4) is 0 Å². The standard InChI is InChI=1S/C15H13FN2O2/c16-12-3-4-13(11(8-12)9-17)18-5-7-20-15(10-18)14-2-1-6-19-14/h1-4,6,8,15H,5,7,10H2. The number of hydrogen-bond donors (Lipinski definition) is 0. The average molecular weight is 272 g/mol. The van der Waals surface area contributed by atoms with Gasteiger partial charge in [-0.25, -0.2) is 4.39 Å². The van der Waals surface area contributed by atoms with Gasteiger partial charge in [0.1, 0.15) is 23.8 Å². The molecule has 1 aliphatic rings. The van der Waals surface area contributed by atoms with Crippen LogP contribution in [-0.4, -0.2) is 19.7 Å². The quantitative estimate of drug-likeness (QED) is 0.843. The Kier molecular flexibility index (Phi) is 3.40. The van der Waals surface area contributed by atoms with Crippen molar-refractivity contribution in [1.29, 1.82) is 5.26 Å². The Morgan fingerprint density at radius 2 is 2.25 bits per heavy atom. The highest BCUT2D eigenvalue weighted by Crippen LogP contribution is 2.28. The number of hydrogen-bond acceptors (Lipinski definition) is 4. The van der Waals surface area contributed by atoms with Gasteiger partial charge in [0.25, 0.3) is 0 Å². The molecule has 0 radical (unpaired) electrons. The Balaban J connectivity index is 1.86. The molecule has 5 heteroatoms. The van der Waals surface area contributed by atoms with Crippen molar-refractivity contribution in [3.8, 4) is 6.07 Å². The summed E-state index contributed by atoms with van der Waals surface area (Å²) in [6, 6.07) is 9.98. The van der Waals surface area contributed by atoms with Crippen LogP contribution in [0.5, 0.6) is 0 Å². The van der Waals surface area contributed by atoms with Gasteiger partial charge in [0, 0.05) is 6.54 Å². The zero-order chi connectivity index (χ0) is 13.9. The van der Waals surface area contributed by atoms with E-state index in [1.807, 2.05) is 23.1 Å². The molecular weight excluding hydrogens is 259 g/mol. The van der Waals surface area contributed by atoms with Crippen LogP contribution in [0.2, 0.25) is 0 Å². The fraction of sp³-hybridized carbons (Fsp3) is 0.267. The molecule has 20 heavy (non-hydrogen) atoms. The normalized spacial score (nSPS) is 18.8. The average Bonchev–Trinajstić information content (AvgIpc) is 3.01. The minimum Gasteiger partial charge on any atom is -0.467 e.